The normalized spacial score (nSPS) is 20.7. The maximum atomic E-state index is 13.8. The number of alkyl halides is 3. The Hall–Kier alpha value is -4.07. The van der Waals surface area contributed by atoms with Gasteiger partial charge in [-0.2, -0.15) is 13.2 Å². The number of benzene rings is 2. The lowest BCUT2D eigenvalue weighted by Crippen LogP contribution is -2.57. The van der Waals surface area contributed by atoms with Crippen molar-refractivity contribution in [1.82, 2.24) is 15.1 Å². The minimum Gasteiger partial charge on any atom is -0.373 e. The van der Waals surface area contributed by atoms with Crippen LogP contribution in [0.4, 0.5) is 32.4 Å². The Balaban J connectivity index is 1.58. The van der Waals surface area contributed by atoms with E-state index in [2.05, 4.69) is 10.6 Å². The van der Waals surface area contributed by atoms with Crippen LogP contribution in [-0.2, 0) is 27.2 Å². The van der Waals surface area contributed by atoms with Crippen molar-refractivity contribution in [2.24, 2.45) is 0 Å². The van der Waals surface area contributed by atoms with E-state index in [0.717, 1.165) is 24.6 Å². The van der Waals surface area contributed by atoms with Crippen molar-refractivity contribution in [3.8, 4) is 0 Å². The average Bonchev–Trinajstić information content (AvgIpc) is 3.33. The van der Waals surface area contributed by atoms with Gasteiger partial charge in [-0.15, -0.1) is 0 Å². The maximum absolute atomic E-state index is 13.8. The predicted octanol–water partition coefficient (Wildman–Crippen LogP) is 2.83. The minimum absolute atomic E-state index is 0.154. The number of hydrogen-bond acceptors (Lipinski definition) is 5. The van der Waals surface area contributed by atoms with Crippen molar-refractivity contribution in [3.63, 3.8) is 0 Å². The molecule has 40 heavy (non-hydrogen) atoms. The Morgan fingerprint density at radius 3 is 2.25 bits per heavy atom. The Labute approximate surface area is 224 Å². The maximum Gasteiger partial charge on any atom is 0.426 e. The van der Waals surface area contributed by atoms with E-state index in [1.54, 1.807) is 6.07 Å². The Kier molecular flexibility index (Phi) is 7.12. The summed E-state index contributed by atoms with van der Waals surface area (Å²) in [5.41, 5.74) is -3.69. The van der Waals surface area contributed by atoms with E-state index in [1.165, 1.54) is 24.1 Å². The molecule has 2 aromatic carbocycles. The molecule has 214 valence electrons. The van der Waals surface area contributed by atoms with Crippen LogP contribution in [0.1, 0.15) is 36.6 Å². The summed E-state index contributed by atoms with van der Waals surface area (Å²) in [6, 6.07) is 4.77. The summed E-state index contributed by atoms with van der Waals surface area (Å²) < 4.78 is 68.1. The molecule has 3 atom stereocenters. The molecule has 0 bridgehead atoms. The molecule has 0 unspecified atom stereocenters. The molecule has 3 N–H and O–H groups in total. The lowest BCUT2D eigenvalue weighted by Gasteiger charge is -2.35. The van der Waals surface area contributed by atoms with Crippen molar-refractivity contribution in [1.29, 1.82) is 0 Å². The molecule has 1 aliphatic carbocycles. The van der Waals surface area contributed by atoms with Crippen molar-refractivity contribution < 1.29 is 46.2 Å². The SMILES string of the molecule is C[C@H](c1cc(F)cc(F)c1)N(CC(=O)Nc1ccc2c(c1)C[C@@]1(C2)C(=O)NC(=O)N1C)C(=O)[C@](C)(O)C(F)(F)F. The largest absolute Gasteiger partial charge is 0.426 e. The molecule has 1 saturated heterocycles. The molecule has 1 spiro atoms. The predicted molar refractivity (Wildman–Crippen MR) is 130 cm³/mol. The van der Waals surface area contributed by atoms with Gasteiger partial charge in [-0.3, -0.25) is 19.7 Å². The highest BCUT2D eigenvalue weighted by Gasteiger charge is 2.58. The lowest BCUT2D eigenvalue weighted by atomic mass is 9.95. The van der Waals surface area contributed by atoms with Crippen LogP contribution in [0.15, 0.2) is 36.4 Å². The van der Waals surface area contributed by atoms with Gasteiger partial charge in [0.25, 0.3) is 11.8 Å². The number of urea groups is 1. The van der Waals surface area contributed by atoms with Crippen LogP contribution < -0.4 is 10.6 Å². The number of aliphatic hydroxyl groups is 1. The van der Waals surface area contributed by atoms with E-state index in [1.807, 2.05) is 0 Å². The molecule has 1 heterocycles. The summed E-state index contributed by atoms with van der Waals surface area (Å²) in [7, 11) is 1.49. The number of fused-ring (bicyclic) bond motifs is 1. The first kappa shape index (κ1) is 28.9. The number of imide groups is 1. The molecule has 5 amide bonds. The van der Waals surface area contributed by atoms with Crippen molar-refractivity contribution >= 4 is 29.4 Å². The highest BCUT2D eigenvalue weighted by Crippen LogP contribution is 2.38. The second-order valence-corrected chi connectivity index (χ2v) is 10.1. The van der Waals surface area contributed by atoms with Gasteiger partial charge >= 0.3 is 12.2 Å². The fraction of sp³-hybridized carbons (Fsp3) is 0.385. The number of amides is 5. The summed E-state index contributed by atoms with van der Waals surface area (Å²) in [5.74, 6) is -5.44. The van der Waals surface area contributed by atoms with E-state index < -0.39 is 65.3 Å². The zero-order chi connectivity index (χ0) is 29.8. The third kappa shape index (κ3) is 4.98. The quantitative estimate of drug-likeness (QED) is 0.366. The molecule has 1 fully saturated rings. The van der Waals surface area contributed by atoms with Crippen LogP contribution in [0, 0.1) is 11.6 Å². The van der Waals surface area contributed by atoms with Gasteiger partial charge in [0.15, 0.2) is 0 Å². The van der Waals surface area contributed by atoms with Crippen LogP contribution in [0.3, 0.4) is 0 Å². The molecule has 0 saturated carbocycles. The Morgan fingerprint density at radius 2 is 1.70 bits per heavy atom. The molecule has 4 rings (SSSR count). The van der Waals surface area contributed by atoms with Gasteiger partial charge in [-0.1, -0.05) is 6.07 Å². The number of anilines is 1. The highest BCUT2D eigenvalue weighted by atomic mass is 19.4. The van der Waals surface area contributed by atoms with Gasteiger partial charge < -0.3 is 20.2 Å². The van der Waals surface area contributed by atoms with Crippen LogP contribution in [0.5, 0.6) is 0 Å². The summed E-state index contributed by atoms with van der Waals surface area (Å²) >= 11 is 0. The number of hydrogen-bond donors (Lipinski definition) is 3. The van der Waals surface area contributed by atoms with Gasteiger partial charge in [0.1, 0.15) is 23.7 Å². The zero-order valence-corrected chi connectivity index (χ0v) is 21.5. The fourth-order valence-electron chi connectivity index (χ4n) is 4.91. The summed E-state index contributed by atoms with van der Waals surface area (Å²) in [5, 5.41) is 14.7. The zero-order valence-electron chi connectivity index (χ0n) is 21.5. The molecule has 1 aliphatic heterocycles. The van der Waals surface area contributed by atoms with E-state index in [-0.39, 0.29) is 31.0 Å². The minimum atomic E-state index is -5.41. The standard InChI is InChI=1S/C26H25F5N4O5/c1-13(15-6-17(27)9-18(28)7-15)35(22(38)24(2,40)26(29,30)31)12-20(36)32-19-5-4-14-10-25(11-16(14)8-19)21(37)33-23(39)34(25)3/h4-9,13,40H,10-12H2,1-3H3,(H,32,36)(H,33,37,39)/t13-,24+,25+/m1/s1. The average molecular weight is 568 g/mol. The lowest BCUT2D eigenvalue weighted by molar-refractivity contribution is -0.251. The van der Waals surface area contributed by atoms with Crippen molar-refractivity contribution in [2.45, 2.75) is 50.0 Å². The first-order chi connectivity index (χ1) is 18.5. The van der Waals surface area contributed by atoms with Gasteiger partial charge in [0.05, 0.1) is 6.04 Å². The third-order valence-electron chi connectivity index (χ3n) is 7.42. The number of carbonyl (C=O) groups excluding carboxylic acids is 4. The van der Waals surface area contributed by atoms with E-state index in [4.69, 9.17) is 0 Å². The molecule has 9 nitrogen and oxygen atoms in total. The van der Waals surface area contributed by atoms with Gasteiger partial charge in [-0.05, 0) is 54.8 Å². The van der Waals surface area contributed by atoms with Crippen LogP contribution in [0.2, 0.25) is 0 Å². The molecule has 0 radical (unpaired) electrons. The first-order valence-corrected chi connectivity index (χ1v) is 12.0. The first-order valence-electron chi connectivity index (χ1n) is 12.0. The highest BCUT2D eigenvalue weighted by molar-refractivity contribution is 6.07. The van der Waals surface area contributed by atoms with Crippen molar-refractivity contribution in [2.75, 3.05) is 18.9 Å². The van der Waals surface area contributed by atoms with Crippen LogP contribution in [-0.4, -0.2) is 69.6 Å². The molecular weight excluding hydrogens is 543 g/mol. The topological polar surface area (TPSA) is 119 Å². The smallest absolute Gasteiger partial charge is 0.373 e. The van der Waals surface area contributed by atoms with Gasteiger partial charge in [0.2, 0.25) is 11.5 Å². The third-order valence-corrected chi connectivity index (χ3v) is 7.42. The van der Waals surface area contributed by atoms with E-state index in [0.29, 0.717) is 16.5 Å². The molecular formula is C26H25F5N4O5. The number of nitrogens with zero attached hydrogens (tertiary/aromatic N) is 2. The van der Waals surface area contributed by atoms with E-state index >= 15 is 0 Å². The second-order valence-electron chi connectivity index (χ2n) is 10.1. The molecule has 0 aromatic heterocycles. The van der Waals surface area contributed by atoms with Gasteiger partial charge in [-0.25, -0.2) is 13.6 Å². The summed E-state index contributed by atoms with van der Waals surface area (Å²) in [6.45, 7) is 0.368. The number of halogens is 5. The summed E-state index contributed by atoms with van der Waals surface area (Å²) in [6.07, 6.45) is -5.02. The van der Waals surface area contributed by atoms with Gasteiger partial charge in [0, 0.05) is 31.6 Å². The number of carbonyl (C=O) groups is 4. The Morgan fingerprint density at radius 1 is 1.10 bits per heavy atom. The second kappa shape index (κ2) is 9.84. The monoisotopic (exact) mass is 568 g/mol. The number of likely N-dealkylation sites (N-methyl/N-ethyl adjacent to an activating group) is 1. The summed E-state index contributed by atoms with van der Waals surface area (Å²) in [4.78, 5) is 52.0. The van der Waals surface area contributed by atoms with E-state index in [9.17, 15) is 46.2 Å². The molecule has 2 aliphatic rings. The Bertz CT molecular complexity index is 1390. The van der Waals surface area contributed by atoms with Crippen LogP contribution in [0.25, 0.3) is 0 Å². The molecule has 14 heteroatoms. The van der Waals surface area contributed by atoms with Crippen molar-refractivity contribution in [3.05, 3.63) is 64.7 Å². The fourth-order valence-corrected chi connectivity index (χ4v) is 4.91. The van der Waals surface area contributed by atoms with Crippen LogP contribution >= 0.6 is 0 Å². The number of rotatable bonds is 6. The molecule has 2 aromatic rings. The number of nitrogens with one attached hydrogen (secondary N) is 2.